The van der Waals surface area contributed by atoms with E-state index in [1.807, 2.05) is 4.90 Å². The first-order chi connectivity index (χ1) is 10.9. The Hall–Kier alpha value is -1.73. The molecule has 1 aromatic rings. The van der Waals surface area contributed by atoms with Gasteiger partial charge < -0.3 is 20.0 Å². The Balaban J connectivity index is 1.86. The largest absolute Gasteiger partial charge is 0.343 e. The maximum absolute atomic E-state index is 13.6. The molecular formula is C16H24FN4OS+. The van der Waals surface area contributed by atoms with Crippen LogP contribution in [0.4, 0.5) is 10.1 Å². The van der Waals surface area contributed by atoms with Crippen molar-refractivity contribution in [3.05, 3.63) is 29.6 Å². The molecule has 0 aliphatic carbocycles. The SMILES string of the molecule is Cc1ccc(NC(=S)N(C)CC(=O)N2CC[NH+](C)CC2)cc1F. The molecule has 1 aliphatic heterocycles. The number of carbonyl (C=O) groups is 1. The standard InChI is InChI=1S/C16H23FN4OS/c1-12-4-5-13(10-14(12)17)18-16(23)20(3)11-15(22)21-8-6-19(2)7-9-21/h4-5,10H,6-9,11H2,1-3H3,(H,18,23)/p+1. The Kier molecular flexibility index (Phi) is 5.90. The lowest BCUT2D eigenvalue weighted by atomic mass is 10.2. The summed E-state index contributed by atoms with van der Waals surface area (Å²) in [6.45, 7) is 5.44. The highest BCUT2D eigenvalue weighted by atomic mass is 32.1. The molecule has 1 saturated heterocycles. The maximum Gasteiger partial charge on any atom is 0.242 e. The molecule has 2 rings (SSSR count). The van der Waals surface area contributed by atoms with Gasteiger partial charge in [-0.1, -0.05) is 6.07 Å². The first-order valence-corrected chi connectivity index (χ1v) is 8.15. The number of rotatable bonds is 3. The number of piperazine rings is 1. The lowest BCUT2D eigenvalue weighted by Gasteiger charge is -2.31. The van der Waals surface area contributed by atoms with Gasteiger partial charge >= 0.3 is 0 Å². The number of quaternary nitrogens is 1. The van der Waals surface area contributed by atoms with E-state index >= 15 is 0 Å². The summed E-state index contributed by atoms with van der Waals surface area (Å²) in [6.07, 6.45) is 0. The van der Waals surface area contributed by atoms with Gasteiger partial charge in [-0.2, -0.15) is 0 Å². The molecule has 0 bridgehead atoms. The molecule has 0 saturated carbocycles. The number of likely N-dealkylation sites (N-methyl/N-ethyl adjacent to an activating group) is 2. The third kappa shape index (κ3) is 4.87. The van der Waals surface area contributed by atoms with Crippen molar-refractivity contribution in [2.24, 2.45) is 0 Å². The van der Waals surface area contributed by atoms with Crippen LogP contribution in [0.1, 0.15) is 5.56 Å². The van der Waals surface area contributed by atoms with Gasteiger partial charge in [0.15, 0.2) is 5.11 Å². The van der Waals surface area contributed by atoms with Crippen LogP contribution in [0, 0.1) is 12.7 Å². The third-order valence-electron chi connectivity index (χ3n) is 4.11. The summed E-state index contributed by atoms with van der Waals surface area (Å²) in [6, 6.07) is 4.86. The van der Waals surface area contributed by atoms with Gasteiger partial charge in [-0.25, -0.2) is 4.39 Å². The second-order valence-corrected chi connectivity index (χ2v) is 6.47. The second-order valence-electron chi connectivity index (χ2n) is 6.09. The van der Waals surface area contributed by atoms with Crippen LogP contribution in [0.25, 0.3) is 0 Å². The summed E-state index contributed by atoms with van der Waals surface area (Å²) in [5, 5.41) is 3.37. The molecule has 1 amide bonds. The van der Waals surface area contributed by atoms with Gasteiger partial charge in [0.2, 0.25) is 5.91 Å². The van der Waals surface area contributed by atoms with E-state index < -0.39 is 0 Å². The van der Waals surface area contributed by atoms with Crippen molar-refractivity contribution in [1.82, 2.24) is 9.80 Å². The molecule has 0 atom stereocenters. The predicted molar refractivity (Wildman–Crippen MR) is 93.2 cm³/mol. The van der Waals surface area contributed by atoms with Gasteiger partial charge in [-0.3, -0.25) is 4.79 Å². The number of halogens is 1. The Morgan fingerprint density at radius 3 is 2.70 bits per heavy atom. The van der Waals surface area contributed by atoms with E-state index in [0.717, 1.165) is 26.2 Å². The molecule has 7 heteroatoms. The van der Waals surface area contributed by atoms with E-state index in [1.165, 1.54) is 11.0 Å². The molecular weight excluding hydrogens is 315 g/mol. The molecule has 0 aromatic heterocycles. The van der Waals surface area contributed by atoms with Crippen LogP contribution < -0.4 is 10.2 Å². The first-order valence-electron chi connectivity index (χ1n) is 7.74. The number of nitrogens with one attached hydrogen (secondary N) is 2. The van der Waals surface area contributed by atoms with Crippen molar-refractivity contribution in [2.75, 3.05) is 52.1 Å². The van der Waals surface area contributed by atoms with Crippen molar-refractivity contribution >= 4 is 28.9 Å². The fourth-order valence-electron chi connectivity index (χ4n) is 2.40. The number of anilines is 1. The highest BCUT2D eigenvalue weighted by Crippen LogP contribution is 2.14. The Labute approximate surface area is 142 Å². The van der Waals surface area contributed by atoms with Crippen LogP contribution in [0.2, 0.25) is 0 Å². The number of benzene rings is 1. The van der Waals surface area contributed by atoms with E-state index in [-0.39, 0.29) is 18.3 Å². The lowest BCUT2D eigenvalue weighted by molar-refractivity contribution is -0.883. The van der Waals surface area contributed by atoms with Gasteiger partial charge in [-0.15, -0.1) is 0 Å². The topological polar surface area (TPSA) is 40.0 Å². The molecule has 126 valence electrons. The van der Waals surface area contributed by atoms with Gasteiger partial charge in [0.25, 0.3) is 0 Å². The zero-order valence-corrected chi connectivity index (χ0v) is 14.7. The van der Waals surface area contributed by atoms with Crippen LogP contribution >= 0.6 is 12.2 Å². The van der Waals surface area contributed by atoms with E-state index in [9.17, 15) is 9.18 Å². The molecule has 1 aromatic carbocycles. The third-order valence-corrected chi connectivity index (χ3v) is 4.53. The molecule has 1 aliphatic rings. The molecule has 0 radical (unpaired) electrons. The van der Waals surface area contributed by atoms with Crippen molar-refractivity contribution in [3.63, 3.8) is 0 Å². The maximum atomic E-state index is 13.6. The van der Waals surface area contributed by atoms with Gasteiger partial charge in [-0.05, 0) is 36.8 Å². The Bertz CT molecular complexity index is 587. The van der Waals surface area contributed by atoms with E-state index in [4.69, 9.17) is 12.2 Å². The summed E-state index contributed by atoms with van der Waals surface area (Å²) >= 11 is 5.29. The number of nitrogens with zero attached hydrogens (tertiary/aromatic N) is 2. The minimum Gasteiger partial charge on any atom is -0.343 e. The average Bonchev–Trinajstić information content (AvgIpc) is 2.51. The van der Waals surface area contributed by atoms with Crippen molar-refractivity contribution in [2.45, 2.75) is 6.92 Å². The molecule has 0 unspecified atom stereocenters. The van der Waals surface area contributed by atoms with E-state index in [1.54, 1.807) is 31.0 Å². The predicted octanol–water partition coefficient (Wildman–Crippen LogP) is 0.120. The number of aryl methyl sites for hydroxylation is 1. The monoisotopic (exact) mass is 339 g/mol. The fraction of sp³-hybridized carbons (Fsp3) is 0.500. The highest BCUT2D eigenvalue weighted by molar-refractivity contribution is 7.80. The number of hydrogen-bond donors (Lipinski definition) is 2. The fourth-order valence-corrected chi connectivity index (χ4v) is 2.58. The van der Waals surface area contributed by atoms with Crippen LogP contribution in [0.5, 0.6) is 0 Å². The quantitative estimate of drug-likeness (QED) is 0.768. The zero-order valence-electron chi connectivity index (χ0n) is 13.9. The van der Waals surface area contributed by atoms with E-state index in [2.05, 4.69) is 12.4 Å². The number of hydrogen-bond acceptors (Lipinski definition) is 2. The zero-order chi connectivity index (χ0) is 17.0. The highest BCUT2D eigenvalue weighted by Gasteiger charge is 2.22. The Morgan fingerprint density at radius 1 is 1.43 bits per heavy atom. The number of thiocarbonyl (C=S) groups is 1. The average molecular weight is 339 g/mol. The Morgan fingerprint density at radius 2 is 2.09 bits per heavy atom. The molecule has 0 spiro atoms. The summed E-state index contributed by atoms with van der Waals surface area (Å²) in [4.78, 5) is 17.3. The van der Waals surface area contributed by atoms with Crippen molar-refractivity contribution in [3.8, 4) is 0 Å². The van der Waals surface area contributed by atoms with Crippen LogP contribution in [0.3, 0.4) is 0 Å². The molecule has 1 fully saturated rings. The van der Waals surface area contributed by atoms with Crippen molar-refractivity contribution < 1.29 is 14.1 Å². The second kappa shape index (κ2) is 7.70. The van der Waals surface area contributed by atoms with Crippen LogP contribution in [-0.4, -0.2) is 67.6 Å². The summed E-state index contributed by atoms with van der Waals surface area (Å²) in [7, 11) is 3.90. The molecule has 2 N–H and O–H groups in total. The molecule has 1 heterocycles. The summed E-state index contributed by atoms with van der Waals surface area (Å²) in [5.74, 6) is -0.212. The van der Waals surface area contributed by atoms with Crippen LogP contribution in [-0.2, 0) is 4.79 Å². The summed E-state index contributed by atoms with van der Waals surface area (Å²) in [5.41, 5.74) is 1.17. The lowest BCUT2D eigenvalue weighted by Crippen LogP contribution is -3.12. The normalized spacial score (nSPS) is 15.4. The smallest absolute Gasteiger partial charge is 0.242 e. The number of carbonyl (C=O) groups excluding carboxylic acids is 1. The number of amides is 1. The minimum atomic E-state index is -0.281. The summed E-state index contributed by atoms with van der Waals surface area (Å²) < 4.78 is 13.6. The molecule has 23 heavy (non-hydrogen) atoms. The minimum absolute atomic E-state index is 0.0687. The van der Waals surface area contributed by atoms with Crippen LogP contribution in [0.15, 0.2) is 18.2 Å². The van der Waals surface area contributed by atoms with Crippen molar-refractivity contribution in [1.29, 1.82) is 0 Å². The molecule has 5 nitrogen and oxygen atoms in total. The first kappa shape index (κ1) is 17.6. The van der Waals surface area contributed by atoms with Gasteiger partial charge in [0, 0.05) is 12.7 Å². The van der Waals surface area contributed by atoms with Gasteiger partial charge in [0.05, 0.1) is 39.8 Å². The van der Waals surface area contributed by atoms with Gasteiger partial charge in [0.1, 0.15) is 5.82 Å². The van der Waals surface area contributed by atoms with E-state index in [0.29, 0.717) is 16.4 Å².